The van der Waals surface area contributed by atoms with E-state index in [1.54, 1.807) is 12.4 Å². The summed E-state index contributed by atoms with van der Waals surface area (Å²) in [4.78, 5) is 18.1. The Labute approximate surface area is 126 Å². The Balaban J connectivity index is 1.84. The molecule has 0 radical (unpaired) electrons. The SMILES string of the molecule is CC(C)(C)CC(=O)OC1CCN(c2ccncc2N)CC1. The van der Waals surface area contributed by atoms with Crippen molar-refractivity contribution >= 4 is 17.3 Å². The van der Waals surface area contributed by atoms with E-state index in [0.717, 1.165) is 31.6 Å². The molecule has 0 amide bonds. The fourth-order valence-corrected chi connectivity index (χ4v) is 2.56. The number of nitrogen functional groups attached to an aromatic ring is 1. The van der Waals surface area contributed by atoms with E-state index in [1.165, 1.54) is 0 Å². The molecule has 5 nitrogen and oxygen atoms in total. The van der Waals surface area contributed by atoms with Crippen LogP contribution in [-0.2, 0) is 9.53 Å². The van der Waals surface area contributed by atoms with Gasteiger partial charge in [-0.2, -0.15) is 0 Å². The molecule has 116 valence electrons. The number of carbonyl (C=O) groups is 1. The largest absolute Gasteiger partial charge is 0.462 e. The molecule has 1 aromatic rings. The first-order valence-corrected chi connectivity index (χ1v) is 7.49. The first kappa shape index (κ1) is 15.6. The van der Waals surface area contributed by atoms with Crippen molar-refractivity contribution in [3.8, 4) is 0 Å². The molecule has 2 N–H and O–H groups in total. The maximum absolute atomic E-state index is 11.9. The summed E-state index contributed by atoms with van der Waals surface area (Å²) in [5, 5.41) is 0. The van der Waals surface area contributed by atoms with Crippen molar-refractivity contribution < 1.29 is 9.53 Å². The third kappa shape index (κ3) is 4.62. The third-order valence-corrected chi connectivity index (χ3v) is 3.58. The number of hydrogen-bond acceptors (Lipinski definition) is 5. The zero-order valence-corrected chi connectivity index (χ0v) is 13.1. The second kappa shape index (κ2) is 6.33. The molecule has 0 bridgehead atoms. The van der Waals surface area contributed by atoms with Crippen LogP contribution in [-0.4, -0.2) is 30.1 Å². The number of pyridine rings is 1. The van der Waals surface area contributed by atoms with Crippen molar-refractivity contribution in [3.63, 3.8) is 0 Å². The van der Waals surface area contributed by atoms with Gasteiger partial charge in [0.1, 0.15) is 6.10 Å². The normalized spacial score (nSPS) is 16.8. The quantitative estimate of drug-likeness (QED) is 0.867. The van der Waals surface area contributed by atoms with Gasteiger partial charge < -0.3 is 15.4 Å². The van der Waals surface area contributed by atoms with Crippen molar-refractivity contribution in [2.24, 2.45) is 5.41 Å². The van der Waals surface area contributed by atoms with E-state index < -0.39 is 0 Å². The number of carbonyl (C=O) groups excluding carboxylic acids is 1. The van der Waals surface area contributed by atoms with Crippen molar-refractivity contribution in [2.45, 2.75) is 46.1 Å². The van der Waals surface area contributed by atoms with Gasteiger partial charge in [0.15, 0.2) is 0 Å². The maximum atomic E-state index is 11.9. The van der Waals surface area contributed by atoms with E-state index in [9.17, 15) is 4.79 Å². The predicted molar refractivity (Wildman–Crippen MR) is 84.0 cm³/mol. The molecule has 0 saturated carbocycles. The molecular weight excluding hydrogens is 266 g/mol. The van der Waals surface area contributed by atoms with Gasteiger partial charge in [0, 0.05) is 32.1 Å². The highest BCUT2D eigenvalue weighted by Crippen LogP contribution is 2.26. The van der Waals surface area contributed by atoms with Crippen molar-refractivity contribution in [3.05, 3.63) is 18.5 Å². The van der Waals surface area contributed by atoms with Gasteiger partial charge in [-0.15, -0.1) is 0 Å². The molecule has 1 aromatic heterocycles. The molecule has 0 aromatic carbocycles. The van der Waals surface area contributed by atoms with Gasteiger partial charge in [0.25, 0.3) is 0 Å². The van der Waals surface area contributed by atoms with Crippen molar-refractivity contribution in [1.82, 2.24) is 4.98 Å². The van der Waals surface area contributed by atoms with Gasteiger partial charge >= 0.3 is 5.97 Å². The average Bonchev–Trinajstić information content (AvgIpc) is 2.38. The molecule has 0 aliphatic carbocycles. The van der Waals surface area contributed by atoms with Crippen LogP contribution in [0.25, 0.3) is 0 Å². The summed E-state index contributed by atoms with van der Waals surface area (Å²) in [6.07, 6.45) is 5.60. The van der Waals surface area contributed by atoms with Crippen LogP contribution in [0.15, 0.2) is 18.5 Å². The van der Waals surface area contributed by atoms with E-state index in [1.807, 2.05) is 26.8 Å². The third-order valence-electron chi connectivity index (χ3n) is 3.58. The standard InChI is InChI=1S/C16H25N3O2/c1-16(2,3)10-15(20)21-12-5-8-19(9-6-12)14-4-7-18-11-13(14)17/h4,7,11-12H,5-6,8-10,17H2,1-3H3. The summed E-state index contributed by atoms with van der Waals surface area (Å²) < 4.78 is 5.57. The molecule has 21 heavy (non-hydrogen) atoms. The van der Waals surface area contributed by atoms with Gasteiger partial charge in [0.05, 0.1) is 24.0 Å². The summed E-state index contributed by atoms with van der Waals surface area (Å²) in [5.74, 6) is -0.0932. The number of anilines is 2. The van der Waals surface area contributed by atoms with Crippen LogP contribution in [0.4, 0.5) is 11.4 Å². The number of ether oxygens (including phenoxy) is 1. The second-order valence-electron chi connectivity index (χ2n) is 6.85. The smallest absolute Gasteiger partial charge is 0.306 e. The lowest BCUT2D eigenvalue weighted by molar-refractivity contribution is -0.152. The van der Waals surface area contributed by atoms with Crippen molar-refractivity contribution in [1.29, 1.82) is 0 Å². The van der Waals surface area contributed by atoms with Crippen LogP contribution < -0.4 is 10.6 Å². The molecule has 5 heteroatoms. The monoisotopic (exact) mass is 291 g/mol. The Morgan fingerprint density at radius 2 is 2.10 bits per heavy atom. The number of nitrogens with zero attached hydrogens (tertiary/aromatic N) is 2. The van der Waals surface area contributed by atoms with Crippen LogP contribution in [0.1, 0.15) is 40.0 Å². The lowest BCUT2D eigenvalue weighted by Crippen LogP contribution is -2.38. The van der Waals surface area contributed by atoms with E-state index in [4.69, 9.17) is 10.5 Å². The summed E-state index contributed by atoms with van der Waals surface area (Å²) in [5.41, 5.74) is 7.64. The summed E-state index contributed by atoms with van der Waals surface area (Å²) in [6, 6.07) is 1.93. The summed E-state index contributed by atoms with van der Waals surface area (Å²) in [7, 11) is 0. The van der Waals surface area contributed by atoms with Crippen LogP contribution in [0.5, 0.6) is 0 Å². The lowest BCUT2D eigenvalue weighted by atomic mass is 9.92. The number of esters is 1. The summed E-state index contributed by atoms with van der Waals surface area (Å²) in [6.45, 7) is 7.83. The Hall–Kier alpha value is -1.78. The fraction of sp³-hybridized carbons (Fsp3) is 0.625. The Bertz CT molecular complexity index is 489. The number of aromatic nitrogens is 1. The number of rotatable bonds is 3. The molecule has 0 unspecified atom stereocenters. The average molecular weight is 291 g/mol. The number of hydrogen-bond donors (Lipinski definition) is 1. The van der Waals surface area contributed by atoms with Gasteiger partial charge in [-0.1, -0.05) is 20.8 Å². The van der Waals surface area contributed by atoms with Gasteiger partial charge in [-0.25, -0.2) is 0 Å². The van der Waals surface area contributed by atoms with Crippen LogP contribution in [0.3, 0.4) is 0 Å². The highest BCUT2D eigenvalue weighted by Gasteiger charge is 2.25. The topological polar surface area (TPSA) is 68.5 Å². The van der Waals surface area contributed by atoms with E-state index in [0.29, 0.717) is 12.1 Å². The zero-order valence-electron chi connectivity index (χ0n) is 13.1. The molecule has 1 saturated heterocycles. The molecule has 1 aliphatic rings. The predicted octanol–water partition coefficient (Wildman–Crippen LogP) is 2.61. The number of nitrogens with two attached hydrogens (primary N) is 1. The molecule has 2 rings (SSSR count). The summed E-state index contributed by atoms with van der Waals surface area (Å²) >= 11 is 0. The Kier molecular flexibility index (Phi) is 4.70. The van der Waals surface area contributed by atoms with Gasteiger partial charge in [-0.05, 0) is 11.5 Å². The fourth-order valence-electron chi connectivity index (χ4n) is 2.56. The molecule has 0 spiro atoms. The molecule has 1 fully saturated rings. The minimum absolute atomic E-state index is 0.0245. The molecular formula is C16H25N3O2. The maximum Gasteiger partial charge on any atom is 0.306 e. The highest BCUT2D eigenvalue weighted by molar-refractivity contribution is 5.70. The first-order valence-electron chi connectivity index (χ1n) is 7.49. The molecule has 0 atom stereocenters. The first-order chi connectivity index (χ1) is 9.85. The molecule has 2 heterocycles. The lowest BCUT2D eigenvalue weighted by Gasteiger charge is -2.34. The Morgan fingerprint density at radius 1 is 1.43 bits per heavy atom. The van der Waals surface area contributed by atoms with Crippen molar-refractivity contribution in [2.75, 3.05) is 23.7 Å². The van der Waals surface area contributed by atoms with E-state index >= 15 is 0 Å². The van der Waals surface area contributed by atoms with E-state index in [-0.39, 0.29) is 17.5 Å². The van der Waals surface area contributed by atoms with Crippen LogP contribution >= 0.6 is 0 Å². The number of piperidine rings is 1. The van der Waals surface area contributed by atoms with E-state index in [2.05, 4.69) is 9.88 Å². The molecule has 1 aliphatic heterocycles. The Morgan fingerprint density at radius 3 is 2.67 bits per heavy atom. The highest BCUT2D eigenvalue weighted by atomic mass is 16.5. The minimum atomic E-state index is -0.0932. The van der Waals surface area contributed by atoms with Crippen LogP contribution in [0, 0.1) is 5.41 Å². The second-order valence-corrected chi connectivity index (χ2v) is 6.85. The minimum Gasteiger partial charge on any atom is -0.462 e. The van der Waals surface area contributed by atoms with Gasteiger partial charge in [0.2, 0.25) is 0 Å². The van der Waals surface area contributed by atoms with Crippen LogP contribution in [0.2, 0.25) is 0 Å². The zero-order chi connectivity index (χ0) is 15.5. The van der Waals surface area contributed by atoms with Gasteiger partial charge in [-0.3, -0.25) is 9.78 Å².